The van der Waals surface area contributed by atoms with Crippen LogP contribution in [-0.4, -0.2) is 63.0 Å². The van der Waals surface area contributed by atoms with Crippen molar-refractivity contribution >= 4 is 0 Å². The van der Waals surface area contributed by atoms with Gasteiger partial charge in [-0.3, -0.25) is 9.80 Å². The van der Waals surface area contributed by atoms with Crippen LogP contribution in [-0.2, 0) is 9.47 Å². The highest BCUT2D eigenvalue weighted by molar-refractivity contribution is 5.21. The molecule has 0 amide bonds. The zero-order valence-electron chi connectivity index (χ0n) is 13.4. The molecule has 22 heavy (non-hydrogen) atoms. The van der Waals surface area contributed by atoms with Crippen LogP contribution in [0.15, 0.2) is 18.2 Å². The molecule has 1 aromatic rings. The van der Waals surface area contributed by atoms with Crippen molar-refractivity contribution in [3.63, 3.8) is 0 Å². The number of piperazine rings is 1. The summed E-state index contributed by atoms with van der Waals surface area (Å²) in [5.41, 5.74) is 0.543. The lowest BCUT2D eigenvalue weighted by Crippen LogP contribution is -2.49. The van der Waals surface area contributed by atoms with Crippen LogP contribution in [0.4, 0.5) is 8.78 Å². The summed E-state index contributed by atoms with van der Waals surface area (Å²) < 4.78 is 37.3. The summed E-state index contributed by atoms with van der Waals surface area (Å²) in [5, 5.41) is 0. The van der Waals surface area contributed by atoms with Gasteiger partial charge in [0.25, 0.3) is 0 Å². The van der Waals surface area contributed by atoms with Crippen LogP contribution in [0.2, 0.25) is 0 Å². The van der Waals surface area contributed by atoms with E-state index >= 15 is 0 Å². The van der Waals surface area contributed by atoms with Gasteiger partial charge in [-0.2, -0.15) is 0 Å². The van der Waals surface area contributed by atoms with Gasteiger partial charge in [0.1, 0.15) is 11.6 Å². The number of hydrogen-bond acceptors (Lipinski definition) is 4. The third kappa shape index (κ3) is 4.23. The average Bonchev–Trinajstić information content (AvgIpc) is 2.52. The molecule has 1 saturated heterocycles. The van der Waals surface area contributed by atoms with E-state index < -0.39 is 11.6 Å². The highest BCUT2D eigenvalue weighted by Crippen LogP contribution is 2.24. The molecule has 1 aromatic carbocycles. The number of nitrogens with zero attached hydrogens (tertiary/aromatic N) is 2. The first-order valence-corrected chi connectivity index (χ1v) is 7.52. The fraction of sp³-hybridized carbons (Fsp3) is 0.625. The first kappa shape index (κ1) is 17.3. The summed E-state index contributed by atoms with van der Waals surface area (Å²) in [5.74, 6) is -1.02. The molecule has 0 aromatic heterocycles. The smallest absolute Gasteiger partial charge is 0.169 e. The highest BCUT2D eigenvalue weighted by Gasteiger charge is 2.25. The normalized spacial score (nSPS) is 18.8. The molecule has 124 valence electrons. The van der Waals surface area contributed by atoms with Crippen molar-refractivity contribution in [2.24, 2.45) is 0 Å². The molecule has 0 aliphatic carbocycles. The zero-order valence-corrected chi connectivity index (χ0v) is 13.4. The van der Waals surface area contributed by atoms with Crippen molar-refractivity contribution in [2.45, 2.75) is 19.3 Å². The maximum atomic E-state index is 13.9. The maximum Gasteiger partial charge on any atom is 0.169 e. The molecule has 6 heteroatoms. The Morgan fingerprint density at radius 2 is 1.73 bits per heavy atom. The molecule has 2 rings (SSSR count). The maximum absolute atomic E-state index is 13.9. The molecule has 0 N–H and O–H groups in total. The molecule has 0 saturated carbocycles. The lowest BCUT2D eigenvalue weighted by molar-refractivity contribution is -0.120. The molecular formula is C16H24F2N2O2. The van der Waals surface area contributed by atoms with E-state index in [1.807, 2.05) is 6.92 Å². The first-order chi connectivity index (χ1) is 10.5. The van der Waals surface area contributed by atoms with Gasteiger partial charge in [-0.15, -0.1) is 0 Å². The Hall–Kier alpha value is -1.08. The first-order valence-electron chi connectivity index (χ1n) is 7.52. The van der Waals surface area contributed by atoms with E-state index in [2.05, 4.69) is 9.80 Å². The standard InChI is InChI=1S/C16H24F2N2O2/c1-12(14-5-4-13(17)10-15(14)18)20-8-6-19(7-9-20)11-16(21-2)22-3/h4-5,10,12,16H,6-9,11H2,1-3H3/t12-/m1/s1. The van der Waals surface area contributed by atoms with Crippen molar-refractivity contribution < 1.29 is 18.3 Å². The van der Waals surface area contributed by atoms with Crippen molar-refractivity contribution in [2.75, 3.05) is 46.9 Å². The van der Waals surface area contributed by atoms with E-state index in [0.29, 0.717) is 5.56 Å². The Bertz CT molecular complexity index is 475. The quantitative estimate of drug-likeness (QED) is 0.752. The minimum absolute atomic E-state index is 0.0663. The molecule has 0 unspecified atom stereocenters. The molecule has 1 aliphatic heterocycles. The van der Waals surface area contributed by atoms with Gasteiger partial charge in [-0.25, -0.2) is 8.78 Å². The molecule has 1 atom stereocenters. The van der Waals surface area contributed by atoms with Crippen LogP contribution in [0, 0.1) is 11.6 Å². The third-order valence-electron chi connectivity index (χ3n) is 4.30. The molecule has 0 spiro atoms. The van der Waals surface area contributed by atoms with Crippen LogP contribution in [0.5, 0.6) is 0 Å². The van der Waals surface area contributed by atoms with Crippen LogP contribution in [0.25, 0.3) is 0 Å². The van der Waals surface area contributed by atoms with Crippen LogP contribution in [0.3, 0.4) is 0 Å². The minimum Gasteiger partial charge on any atom is -0.355 e. The topological polar surface area (TPSA) is 24.9 Å². The van der Waals surface area contributed by atoms with E-state index in [1.54, 1.807) is 14.2 Å². The Morgan fingerprint density at radius 3 is 2.27 bits per heavy atom. The molecule has 1 fully saturated rings. The Balaban J connectivity index is 1.90. The second kappa shape index (κ2) is 7.97. The summed E-state index contributed by atoms with van der Waals surface area (Å²) in [6.07, 6.45) is -0.224. The van der Waals surface area contributed by atoms with Gasteiger partial charge in [0.2, 0.25) is 0 Å². The summed E-state index contributed by atoms with van der Waals surface area (Å²) in [7, 11) is 3.26. The lowest BCUT2D eigenvalue weighted by atomic mass is 10.1. The van der Waals surface area contributed by atoms with Gasteiger partial charge in [0.05, 0.1) is 0 Å². The van der Waals surface area contributed by atoms with Crippen LogP contribution < -0.4 is 0 Å². The van der Waals surface area contributed by atoms with Gasteiger partial charge < -0.3 is 9.47 Å². The van der Waals surface area contributed by atoms with Gasteiger partial charge in [0.15, 0.2) is 6.29 Å². The molecule has 0 bridgehead atoms. The van der Waals surface area contributed by atoms with E-state index in [4.69, 9.17) is 9.47 Å². The second-order valence-electron chi connectivity index (χ2n) is 5.58. The minimum atomic E-state index is -0.538. The number of ether oxygens (including phenoxy) is 2. The molecule has 0 radical (unpaired) electrons. The molecule has 1 aliphatic rings. The number of methoxy groups -OCH3 is 2. The van der Waals surface area contributed by atoms with Crippen molar-refractivity contribution in [1.82, 2.24) is 9.80 Å². The van der Waals surface area contributed by atoms with Crippen LogP contribution >= 0.6 is 0 Å². The predicted molar refractivity (Wildman–Crippen MR) is 80.6 cm³/mol. The Morgan fingerprint density at radius 1 is 1.09 bits per heavy atom. The van der Waals surface area contributed by atoms with Gasteiger partial charge in [-0.1, -0.05) is 6.07 Å². The Labute approximate surface area is 130 Å². The fourth-order valence-corrected chi connectivity index (χ4v) is 2.83. The predicted octanol–water partition coefficient (Wildman–Crippen LogP) is 2.26. The molecule has 4 nitrogen and oxygen atoms in total. The molecular weight excluding hydrogens is 290 g/mol. The van der Waals surface area contributed by atoms with Crippen molar-refractivity contribution in [3.05, 3.63) is 35.4 Å². The number of hydrogen-bond donors (Lipinski definition) is 0. The van der Waals surface area contributed by atoms with E-state index in [0.717, 1.165) is 38.8 Å². The van der Waals surface area contributed by atoms with E-state index in [9.17, 15) is 8.78 Å². The highest BCUT2D eigenvalue weighted by atomic mass is 19.1. The number of rotatable bonds is 6. The monoisotopic (exact) mass is 314 g/mol. The average molecular weight is 314 g/mol. The Kier molecular flexibility index (Phi) is 6.26. The third-order valence-corrected chi connectivity index (χ3v) is 4.30. The van der Waals surface area contributed by atoms with Crippen molar-refractivity contribution in [3.8, 4) is 0 Å². The fourth-order valence-electron chi connectivity index (χ4n) is 2.83. The number of benzene rings is 1. The number of halogens is 2. The molecule has 1 heterocycles. The lowest BCUT2D eigenvalue weighted by Gasteiger charge is -2.39. The van der Waals surface area contributed by atoms with Gasteiger partial charge in [0, 0.05) is 64.6 Å². The summed E-state index contributed by atoms with van der Waals surface area (Å²) >= 11 is 0. The summed E-state index contributed by atoms with van der Waals surface area (Å²) in [6, 6.07) is 3.73. The largest absolute Gasteiger partial charge is 0.355 e. The van der Waals surface area contributed by atoms with Gasteiger partial charge in [-0.05, 0) is 13.0 Å². The zero-order chi connectivity index (χ0) is 16.1. The second-order valence-corrected chi connectivity index (χ2v) is 5.58. The van der Waals surface area contributed by atoms with E-state index in [1.165, 1.54) is 12.1 Å². The summed E-state index contributed by atoms with van der Waals surface area (Å²) in [4.78, 5) is 4.48. The summed E-state index contributed by atoms with van der Waals surface area (Å²) in [6.45, 7) is 6.09. The van der Waals surface area contributed by atoms with Gasteiger partial charge >= 0.3 is 0 Å². The van der Waals surface area contributed by atoms with E-state index in [-0.39, 0.29) is 12.3 Å². The SMILES string of the molecule is COC(CN1CCN([C@H](C)c2ccc(F)cc2F)CC1)OC. The van der Waals surface area contributed by atoms with Crippen molar-refractivity contribution in [1.29, 1.82) is 0 Å². The van der Waals surface area contributed by atoms with Crippen LogP contribution in [0.1, 0.15) is 18.5 Å².